The van der Waals surface area contributed by atoms with Gasteiger partial charge in [0.25, 0.3) is 5.91 Å². The van der Waals surface area contributed by atoms with Gasteiger partial charge in [0, 0.05) is 12.7 Å². The Kier molecular flexibility index (Phi) is 6.88. The summed E-state index contributed by atoms with van der Waals surface area (Å²) < 4.78 is 37.5. The maximum Gasteiger partial charge on any atom is 0.338 e. The highest BCUT2D eigenvalue weighted by Gasteiger charge is 2.23. The first-order chi connectivity index (χ1) is 14.8. The average molecular weight is 442 g/mol. The lowest BCUT2D eigenvalue weighted by molar-refractivity contribution is -0.126. The molecule has 1 heterocycles. The molecule has 31 heavy (non-hydrogen) atoms. The second-order valence-corrected chi connectivity index (χ2v) is 8.48. The molecule has 0 bridgehead atoms. The molecule has 8 nitrogen and oxygen atoms in total. The van der Waals surface area contributed by atoms with E-state index in [1.54, 1.807) is 43.4 Å². The number of ether oxygens (including phenoxy) is 1. The fourth-order valence-electron chi connectivity index (χ4n) is 2.76. The van der Waals surface area contributed by atoms with Crippen molar-refractivity contribution in [3.8, 4) is 0 Å². The number of nitrogens with zero attached hydrogens (tertiary/aromatic N) is 1. The topological polar surface area (TPSA) is 106 Å². The number of furan rings is 1. The van der Waals surface area contributed by atoms with Crippen molar-refractivity contribution in [1.29, 1.82) is 0 Å². The van der Waals surface area contributed by atoms with E-state index in [2.05, 4.69) is 4.72 Å². The van der Waals surface area contributed by atoms with E-state index in [9.17, 15) is 18.0 Å². The zero-order valence-electron chi connectivity index (χ0n) is 17.0. The van der Waals surface area contributed by atoms with Crippen molar-refractivity contribution in [2.45, 2.75) is 24.5 Å². The predicted octanol–water partition coefficient (Wildman–Crippen LogP) is 2.97. The number of amides is 1. The predicted molar refractivity (Wildman–Crippen MR) is 114 cm³/mol. The summed E-state index contributed by atoms with van der Waals surface area (Å²) >= 11 is 0. The maximum absolute atomic E-state index is 12.5. The SMILES string of the molecule is C[C@@H](OC(=O)c1ccc(S(=O)(=O)NCc2ccco2)cc1)C(=O)N(C)c1ccccc1. The minimum Gasteiger partial charge on any atom is -0.468 e. The van der Waals surface area contributed by atoms with Gasteiger partial charge in [0.2, 0.25) is 10.0 Å². The van der Waals surface area contributed by atoms with Gasteiger partial charge in [-0.05, 0) is 55.5 Å². The summed E-state index contributed by atoms with van der Waals surface area (Å²) in [4.78, 5) is 26.3. The molecule has 162 valence electrons. The molecular weight excluding hydrogens is 420 g/mol. The van der Waals surface area contributed by atoms with Crippen molar-refractivity contribution in [3.05, 3.63) is 84.3 Å². The molecule has 0 aliphatic rings. The van der Waals surface area contributed by atoms with Crippen LogP contribution in [0.25, 0.3) is 0 Å². The Labute approximate surface area is 180 Å². The van der Waals surface area contributed by atoms with Crippen LogP contribution in [0, 0.1) is 0 Å². The second-order valence-electron chi connectivity index (χ2n) is 6.71. The highest BCUT2D eigenvalue weighted by molar-refractivity contribution is 7.89. The number of likely N-dealkylation sites (N-methyl/N-ethyl adjacent to an activating group) is 1. The molecule has 1 aromatic heterocycles. The first kappa shape index (κ1) is 22.3. The van der Waals surface area contributed by atoms with Crippen molar-refractivity contribution in [2.24, 2.45) is 0 Å². The third-order valence-electron chi connectivity index (χ3n) is 4.52. The van der Waals surface area contributed by atoms with Crippen LogP contribution in [-0.4, -0.2) is 33.4 Å². The van der Waals surface area contributed by atoms with Crippen molar-refractivity contribution in [2.75, 3.05) is 11.9 Å². The Morgan fingerprint density at radius 2 is 1.71 bits per heavy atom. The summed E-state index contributed by atoms with van der Waals surface area (Å²) in [5, 5.41) is 0. The standard InChI is InChI=1S/C22H22N2O6S/c1-16(21(25)24(2)18-7-4-3-5-8-18)30-22(26)17-10-12-20(13-11-17)31(27,28)23-15-19-9-6-14-29-19/h3-14,16,23H,15H2,1-2H3/t16-/m1/s1. The third kappa shape index (κ3) is 5.59. The van der Waals surface area contributed by atoms with Crippen molar-refractivity contribution in [1.82, 2.24) is 4.72 Å². The van der Waals surface area contributed by atoms with Crippen molar-refractivity contribution < 1.29 is 27.2 Å². The lowest BCUT2D eigenvalue weighted by Gasteiger charge is -2.21. The Morgan fingerprint density at radius 3 is 2.32 bits per heavy atom. The van der Waals surface area contributed by atoms with Gasteiger partial charge in [-0.3, -0.25) is 4.79 Å². The maximum atomic E-state index is 12.5. The van der Waals surface area contributed by atoms with E-state index in [-0.39, 0.29) is 22.9 Å². The van der Waals surface area contributed by atoms with Crippen LogP contribution < -0.4 is 9.62 Å². The number of sulfonamides is 1. The van der Waals surface area contributed by atoms with Crippen LogP contribution >= 0.6 is 0 Å². The molecule has 9 heteroatoms. The number of para-hydroxylation sites is 1. The highest BCUT2D eigenvalue weighted by atomic mass is 32.2. The molecule has 0 saturated heterocycles. The average Bonchev–Trinajstić information content (AvgIpc) is 3.31. The van der Waals surface area contributed by atoms with E-state index < -0.39 is 22.1 Å². The number of carbonyl (C=O) groups excluding carboxylic acids is 2. The fraction of sp³-hybridized carbons (Fsp3) is 0.182. The van der Waals surface area contributed by atoms with Gasteiger partial charge < -0.3 is 14.1 Å². The van der Waals surface area contributed by atoms with Crippen LogP contribution in [0.2, 0.25) is 0 Å². The van der Waals surface area contributed by atoms with Gasteiger partial charge in [0.15, 0.2) is 6.10 Å². The normalized spacial score (nSPS) is 12.2. The van der Waals surface area contributed by atoms with Crippen LogP contribution in [0.15, 0.2) is 82.3 Å². The number of carbonyl (C=O) groups is 2. The number of anilines is 1. The summed E-state index contributed by atoms with van der Waals surface area (Å²) in [5.41, 5.74) is 0.805. The Hall–Kier alpha value is -3.43. The molecule has 0 aliphatic carbocycles. The Balaban J connectivity index is 1.61. The summed E-state index contributed by atoms with van der Waals surface area (Å²) in [6.07, 6.45) is 0.434. The minimum atomic E-state index is -3.78. The van der Waals surface area contributed by atoms with Crippen LogP contribution in [0.3, 0.4) is 0 Å². The zero-order chi connectivity index (χ0) is 22.4. The van der Waals surface area contributed by atoms with Gasteiger partial charge in [-0.1, -0.05) is 18.2 Å². The van der Waals surface area contributed by atoms with Crippen LogP contribution in [0.5, 0.6) is 0 Å². The lowest BCUT2D eigenvalue weighted by Crippen LogP contribution is -2.37. The molecule has 0 unspecified atom stereocenters. The van der Waals surface area contributed by atoms with Gasteiger partial charge >= 0.3 is 5.97 Å². The molecular formula is C22H22N2O6S. The molecule has 1 atom stereocenters. The lowest BCUT2D eigenvalue weighted by atomic mass is 10.2. The van der Waals surface area contributed by atoms with E-state index >= 15 is 0 Å². The van der Waals surface area contributed by atoms with Crippen LogP contribution in [0.4, 0.5) is 5.69 Å². The molecule has 0 radical (unpaired) electrons. The Bertz CT molecular complexity index is 1130. The number of benzene rings is 2. The molecule has 0 saturated carbocycles. The Morgan fingerprint density at radius 1 is 1.03 bits per heavy atom. The largest absolute Gasteiger partial charge is 0.468 e. The second kappa shape index (κ2) is 9.59. The first-order valence-corrected chi connectivity index (χ1v) is 10.9. The van der Waals surface area contributed by atoms with Crippen molar-refractivity contribution >= 4 is 27.6 Å². The molecule has 0 fully saturated rings. The van der Waals surface area contributed by atoms with Crippen LogP contribution in [0.1, 0.15) is 23.0 Å². The molecule has 3 aromatic rings. The number of esters is 1. The smallest absolute Gasteiger partial charge is 0.338 e. The van der Waals surface area contributed by atoms with Crippen LogP contribution in [-0.2, 0) is 26.1 Å². The number of hydrogen-bond acceptors (Lipinski definition) is 6. The number of rotatable bonds is 8. The van der Waals surface area contributed by atoms with Gasteiger partial charge in [0.1, 0.15) is 5.76 Å². The van der Waals surface area contributed by atoms with E-state index in [1.807, 2.05) is 6.07 Å². The van der Waals surface area contributed by atoms with E-state index in [4.69, 9.17) is 9.15 Å². The van der Waals surface area contributed by atoms with Gasteiger partial charge in [-0.2, -0.15) is 0 Å². The molecule has 0 spiro atoms. The fourth-order valence-corrected chi connectivity index (χ4v) is 3.76. The van der Waals surface area contributed by atoms with Gasteiger partial charge in [-0.25, -0.2) is 17.9 Å². The molecule has 1 amide bonds. The molecule has 1 N–H and O–H groups in total. The summed E-state index contributed by atoms with van der Waals surface area (Å²) in [6.45, 7) is 1.49. The van der Waals surface area contributed by atoms with E-state index in [0.29, 0.717) is 11.4 Å². The molecule has 0 aliphatic heterocycles. The summed E-state index contributed by atoms with van der Waals surface area (Å²) in [7, 11) is -2.19. The molecule has 3 rings (SSSR count). The molecule has 2 aromatic carbocycles. The summed E-state index contributed by atoms with van der Waals surface area (Å²) in [6, 6.07) is 17.5. The quantitative estimate of drug-likeness (QED) is 0.538. The third-order valence-corrected chi connectivity index (χ3v) is 5.94. The summed E-state index contributed by atoms with van der Waals surface area (Å²) in [5.74, 6) is -0.640. The number of hydrogen-bond donors (Lipinski definition) is 1. The monoisotopic (exact) mass is 442 g/mol. The minimum absolute atomic E-state index is 0.00762. The van der Waals surface area contributed by atoms with E-state index in [0.717, 1.165) is 0 Å². The zero-order valence-corrected chi connectivity index (χ0v) is 17.8. The van der Waals surface area contributed by atoms with Gasteiger partial charge in [-0.15, -0.1) is 0 Å². The van der Waals surface area contributed by atoms with E-state index in [1.165, 1.54) is 42.4 Å². The first-order valence-electron chi connectivity index (χ1n) is 9.43. The van der Waals surface area contributed by atoms with Gasteiger partial charge in [0.05, 0.1) is 23.3 Å². The highest BCUT2D eigenvalue weighted by Crippen LogP contribution is 2.16. The van der Waals surface area contributed by atoms with Crippen molar-refractivity contribution in [3.63, 3.8) is 0 Å². The number of nitrogens with one attached hydrogen (secondary N) is 1.